The highest BCUT2D eigenvalue weighted by molar-refractivity contribution is 5.55. The van der Waals surface area contributed by atoms with Gasteiger partial charge in [-0.05, 0) is 74.3 Å². The number of carbonyl (C=O) groups excluding carboxylic acids is 1. The van der Waals surface area contributed by atoms with E-state index in [1.54, 1.807) is 0 Å². The van der Waals surface area contributed by atoms with Gasteiger partial charge in [-0.2, -0.15) is 39.5 Å². The van der Waals surface area contributed by atoms with Crippen molar-refractivity contribution in [3.8, 4) is 0 Å². The molecule has 3 fully saturated rings. The van der Waals surface area contributed by atoms with Gasteiger partial charge in [0.2, 0.25) is 5.95 Å². The van der Waals surface area contributed by atoms with Gasteiger partial charge < -0.3 is 24.2 Å². The molecule has 0 radical (unpaired) electrons. The maximum Gasteiger partial charge on any atom is 0.417 e. The van der Waals surface area contributed by atoms with Gasteiger partial charge in [-0.3, -0.25) is 0 Å². The van der Waals surface area contributed by atoms with Gasteiger partial charge in [-0.25, -0.2) is 15.0 Å². The molecule has 1 atom stereocenters. The van der Waals surface area contributed by atoms with Crippen LogP contribution in [0.4, 0.5) is 57.0 Å². The summed E-state index contributed by atoms with van der Waals surface area (Å²) < 4.78 is 131. The Labute approximate surface area is 294 Å². The van der Waals surface area contributed by atoms with Crippen molar-refractivity contribution in [1.82, 2.24) is 15.0 Å². The largest absolute Gasteiger partial charge is 0.417 e. The number of halogens is 9. The van der Waals surface area contributed by atoms with Crippen LogP contribution in [0, 0.1) is 11.8 Å². The van der Waals surface area contributed by atoms with Crippen LogP contribution < -0.4 is 14.7 Å². The Morgan fingerprint density at radius 1 is 0.731 bits per heavy atom. The molecule has 2 saturated heterocycles. The highest BCUT2D eigenvalue weighted by Crippen LogP contribution is 2.41. The smallest absolute Gasteiger partial charge is 0.378 e. The topological polar surface area (TPSA) is 74.7 Å². The molecule has 3 aliphatic rings. The number of pyridine rings is 1. The molecule has 0 bridgehead atoms. The van der Waals surface area contributed by atoms with Gasteiger partial charge in [0.05, 0.1) is 48.0 Å². The number of alkyl halides is 9. The van der Waals surface area contributed by atoms with Crippen molar-refractivity contribution in [2.45, 2.75) is 76.2 Å². The van der Waals surface area contributed by atoms with Crippen molar-refractivity contribution >= 4 is 23.7 Å². The van der Waals surface area contributed by atoms with Crippen LogP contribution in [0.2, 0.25) is 0 Å². The van der Waals surface area contributed by atoms with Gasteiger partial charge in [0, 0.05) is 56.4 Å². The molecule has 1 saturated carbocycles. The minimum Gasteiger partial charge on any atom is -0.378 e. The van der Waals surface area contributed by atoms with Gasteiger partial charge >= 0.3 is 18.5 Å². The summed E-state index contributed by atoms with van der Waals surface area (Å²) >= 11 is 0. The highest BCUT2D eigenvalue weighted by Gasteiger charge is 2.39. The van der Waals surface area contributed by atoms with Crippen LogP contribution in [0.25, 0.3) is 0 Å². The fraction of sp³-hybridized carbons (Fsp3) is 0.543. The van der Waals surface area contributed by atoms with Crippen LogP contribution in [0.15, 0.2) is 42.9 Å². The summed E-state index contributed by atoms with van der Waals surface area (Å²) in [7, 11) is 0. The summed E-state index contributed by atoms with van der Waals surface area (Å²) in [6, 6.07) is 2.03. The van der Waals surface area contributed by atoms with E-state index < -0.39 is 53.9 Å². The number of hydrogen-bond acceptors (Lipinski definition) is 8. The predicted molar refractivity (Wildman–Crippen MR) is 173 cm³/mol. The molecule has 1 aliphatic carbocycles. The number of nitrogens with zero attached hydrogens (tertiary/aromatic N) is 6. The second-order valence-corrected chi connectivity index (χ2v) is 13.5. The van der Waals surface area contributed by atoms with Gasteiger partial charge in [-0.1, -0.05) is 0 Å². The Kier molecular flexibility index (Phi) is 10.9. The van der Waals surface area contributed by atoms with Crippen LogP contribution in [0.5, 0.6) is 0 Å². The number of benzene rings is 1. The first-order valence-electron chi connectivity index (χ1n) is 17.1. The fourth-order valence-corrected chi connectivity index (χ4v) is 7.44. The van der Waals surface area contributed by atoms with E-state index in [9.17, 15) is 44.3 Å². The zero-order valence-corrected chi connectivity index (χ0v) is 27.9. The molecule has 6 rings (SSSR count). The van der Waals surface area contributed by atoms with E-state index in [1.807, 2.05) is 9.80 Å². The van der Waals surface area contributed by atoms with Crippen molar-refractivity contribution in [3.63, 3.8) is 0 Å². The summed E-state index contributed by atoms with van der Waals surface area (Å²) in [5.74, 6) is 0.246. The Balaban J connectivity index is 1.41. The summed E-state index contributed by atoms with van der Waals surface area (Å²) in [6.45, 7) is 1.43. The van der Waals surface area contributed by atoms with E-state index in [1.165, 1.54) is 17.3 Å². The average Bonchev–Trinajstić information content (AvgIpc) is 3.60. The predicted octanol–water partition coefficient (Wildman–Crippen LogP) is 7.95. The quantitative estimate of drug-likeness (QED) is 0.162. The number of morpholine rings is 1. The first-order valence-corrected chi connectivity index (χ1v) is 17.1. The highest BCUT2D eigenvalue weighted by atomic mass is 19.4. The van der Waals surface area contributed by atoms with Crippen LogP contribution >= 0.6 is 0 Å². The Morgan fingerprint density at radius 3 is 1.92 bits per heavy atom. The third-order valence-electron chi connectivity index (χ3n) is 10.1. The molecule has 2 aromatic heterocycles. The average molecular weight is 745 g/mol. The molecule has 2 aliphatic heterocycles. The van der Waals surface area contributed by atoms with Crippen molar-refractivity contribution in [2.75, 3.05) is 47.5 Å². The monoisotopic (exact) mass is 744 g/mol. The maximum atomic E-state index is 14.1. The molecule has 17 heteroatoms. The lowest BCUT2D eigenvalue weighted by Crippen LogP contribution is -2.39. The number of aldehydes is 1. The Hall–Kier alpha value is -4.15. The number of aromatic nitrogens is 3. The standard InChI is InChI=1S/C35H37F9N6O2/c36-33(37,38)26-12-23(13-27(15-26)34(39,40)41)19-49(32-46-17-29(18-47-32)48-8-10-52-11-9-48)20-25-14-28(35(42,43)44)16-45-31(25)50-7-1-2-30(50)24-5-3-22(21-51)4-6-24/h12-18,21-22,24,30H,1-11,19-20H2. The van der Waals surface area contributed by atoms with E-state index in [-0.39, 0.29) is 41.3 Å². The molecule has 282 valence electrons. The van der Waals surface area contributed by atoms with Crippen LogP contribution in [-0.2, 0) is 41.1 Å². The lowest BCUT2D eigenvalue weighted by molar-refractivity contribution is -0.143. The maximum absolute atomic E-state index is 14.1. The summed E-state index contributed by atoms with van der Waals surface area (Å²) in [4.78, 5) is 29.6. The minimum atomic E-state index is -5.11. The van der Waals surface area contributed by atoms with E-state index >= 15 is 0 Å². The van der Waals surface area contributed by atoms with Crippen molar-refractivity contribution in [2.24, 2.45) is 11.8 Å². The van der Waals surface area contributed by atoms with Gasteiger partial charge in [-0.15, -0.1) is 0 Å². The molecule has 0 amide bonds. The summed E-state index contributed by atoms with van der Waals surface area (Å²) in [6.07, 6.45) is -6.02. The zero-order valence-electron chi connectivity index (χ0n) is 27.9. The van der Waals surface area contributed by atoms with Crippen molar-refractivity contribution in [3.05, 3.63) is 70.7 Å². The summed E-state index contributed by atoms with van der Waals surface area (Å²) in [5.41, 5.74) is -3.84. The normalized spacial score (nSPS) is 21.8. The molecule has 0 spiro atoms. The Bertz CT molecular complexity index is 1650. The van der Waals surface area contributed by atoms with E-state index in [2.05, 4.69) is 15.0 Å². The number of carbonyl (C=O) groups is 1. The number of anilines is 3. The molecule has 3 aromatic rings. The lowest BCUT2D eigenvalue weighted by atomic mass is 9.78. The number of rotatable bonds is 9. The van der Waals surface area contributed by atoms with Crippen LogP contribution in [-0.4, -0.2) is 60.1 Å². The molecule has 4 heterocycles. The molecule has 8 nitrogen and oxygen atoms in total. The third-order valence-corrected chi connectivity index (χ3v) is 10.1. The van der Waals surface area contributed by atoms with E-state index in [4.69, 9.17) is 4.74 Å². The summed E-state index contributed by atoms with van der Waals surface area (Å²) in [5, 5.41) is 0. The first kappa shape index (κ1) is 37.6. The number of hydrogen-bond donors (Lipinski definition) is 0. The molecular weight excluding hydrogens is 707 g/mol. The fourth-order valence-electron chi connectivity index (χ4n) is 7.44. The van der Waals surface area contributed by atoms with E-state index in [0.29, 0.717) is 63.5 Å². The van der Waals surface area contributed by atoms with Gasteiger partial charge in [0.15, 0.2) is 0 Å². The zero-order chi connectivity index (χ0) is 37.3. The molecule has 1 aromatic carbocycles. The second-order valence-electron chi connectivity index (χ2n) is 13.5. The molecule has 52 heavy (non-hydrogen) atoms. The Morgan fingerprint density at radius 2 is 1.35 bits per heavy atom. The van der Waals surface area contributed by atoms with Gasteiger partial charge in [0.25, 0.3) is 0 Å². The minimum absolute atomic E-state index is 0.0202. The molecule has 1 unspecified atom stereocenters. The van der Waals surface area contributed by atoms with E-state index in [0.717, 1.165) is 44.2 Å². The first-order chi connectivity index (χ1) is 24.6. The third kappa shape index (κ3) is 8.72. The van der Waals surface area contributed by atoms with Gasteiger partial charge in [0.1, 0.15) is 12.1 Å². The van der Waals surface area contributed by atoms with Crippen molar-refractivity contribution < 1.29 is 49.0 Å². The van der Waals surface area contributed by atoms with Crippen molar-refractivity contribution in [1.29, 1.82) is 0 Å². The second kappa shape index (κ2) is 15.1. The molecular formula is C35H37F9N6O2. The molecule has 0 N–H and O–H groups in total. The lowest BCUT2D eigenvalue weighted by Gasteiger charge is -2.37. The number of ether oxygens (including phenoxy) is 1. The SMILES string of the molecule is O=CC1CCC(C2CCCN2c2ncc(C(F)(F)F)cc2CN(Cc2cc(C(F)(F)F)cc(C(F)(F)F)c2)c2ncc(N3CCOCC3)cn2)CC1. The van der Waals surface area contributed by atoms with Crippen LogP contribution in [0.1, 0.15) is 66.3 Å². The van der Waals surface area contributed by atoms with Crippen LogP contribution in [0.3, 0.4) is 0 Å².